The topological polar surface area (TPSA) is 107 Å². The molecular formula is C33H29BrN2O6S2. The molecule has 0 fully saturated rings. The molecule has 3 aromatic carbocycles. The fourth-order valence-corrected chi connectivity index (χ4v) is 6.71. The molecular weight excluding hydrogens is 664 g/mol. The molecule has 1 aliphatic heterocycles. The maximum atomic E-state index is 13.9. The normalized spacial score (nSPS) is 14.8. The molecule has 0 aliphatic carbocycles. The zero-order valence-corrected chi connectivity index (χ0v) is 27.6. The van der Waals surface area contributed by atoms with E-state index in [1.807, 2.05) is 42.7 Å². The number of fused-ring (bicyclic) bond motifs is 1. The van der Waals surface area contributed by atoms with Crippen molar-refractivity contribution < 1.29 is 24.2 Å². The number of carbonyl (C=O) groups excluding carboxylic acids is 1. The first-order valence-electron chi connectivity index (χ1n) is 13.7. The third kappa shape index (κ3) is 6.74. The molecule has 5 rings (SSSR count). The van der Waals surface area contributed by atoms with E-state index in [9.17, 15) is 14.4 Å². The molecule has 0 unspecified atom stereocenters. The molecule has 4 aromatic rings. The van der Waals surface area contributed by atoms with Crippen LogP contribution < -0.4 is 19.6 Å². The Morgan fingerprint density at radius 1 is 1.11 bits per heavy atom. The summed E-state index contributed by atoms with van der Waals surface area (Å²) >= 11 is 6.44. The molecule has 0 bridgehead atoms. The fourth-order valence-electron chi connectivity index (χ4n) is 4.74. The van der Waals surface area contributed by atoms with Gasteiger partial charge in [-0.15, -0.1) is 11.8 Å². The molecule has 1 atom stereocenters. The first-order chi connectivity index (χ1) is 21.0. The number of thioether (sulfide) groups is 1. The Bertz CT molecular complexity index is 1940. The van der Waals surface area contributed by atoms with E-state index >= 15 is 0 Å². The van der Waals surface area contributed by atoms with Gasteiger partial charge in [-0.2, -0.15) is 0 Å². The van der Waals surface area contributed by atoms with Crippen molar-refractivity contribution in [2.24, 2.45) is 4.99 Å². The Kier molecular flexibility index (Phi) is 9.57. The van der Waals surface area contributed by atoms with Crippen molar-refractivity contribution >= 4 is 57.0 Å². The van der Waals surface area contributed by atoms with Crippen LogP contribution in [0.15, 0.2) is 97.2 Å². The van der Waals surface area contributed by atoms with Crippen molar-refractivity contribution in [2.45, 2.75) is 44.4 Å². The summed E-state index contributed by atoms with van der Waals surface area (Å²) in [4.78, 5) is 44.5. The lowest BCUT2D eigenvalue weighted by molar-refractivity contribution is -0.143. The van der Waals surface area contributed by atoms with Gasteiger partial charge >= 0.3 is 11.9 Å². The van der Waals surface area contributed by atoms with Gasteiger partial charge in [-0.3, -0.25) is 9.36 Å². The lowest BCUT2D eigenvalue weighted by Gasteiger charge is -2.25. The van der Waals surface area contributed by atoms with Gasteiger partial charge in [0.1, 0.15) is 12.4 Å². The van der Waals surface area contributed by atoms with Gasteiger partial charge in [-0.1, -0.05) is 41.7 Å². The largest absolute Gasteiger partial charge is 0.488 e. The van der Waals surface area contributed by atoms with Gasteiger partial charge in [-0.05, 0) is 102 Å². The molecule has 0 saturated heterocycles. The Hall–Kier alpha value is -3.93. The number of rotatable bonds is 9. The van der Waals surface area contributed by atoms with Crippen molar-refractivity contribution in [1.82, 2.24) is 4.57 Å². The monoisotopic (exact) mass is 692 g/mol. The molecule has 1 N–H and O–H groups in total. The standard InChI is InChI=1S/C33H29BrN2O6S2/c1-18(2)42-32(40)28-19(3)35-33-36(29(28)22-10-12-24(43-4)13-11-22)30(37)27(44-33)16-21-7-14-26(25(34)15-21)41-17-20-5-8-23(9-6-20)31(38)39/h5-16,18,29H,17H2,1-4H3,(H,38,39)/b27-16+/t29-/m0/s1. The minimum atomic E-state index is -0.979. The number of aromatic carboxylic acids is 1. The van der Waals surface area contributed by atoms with Crippen LogP contribution in [0.4, 0.5) is 0 Å². The summed E-state index contributed by atoms with van der Waals surface area (Å²) < 4.78 is 14.3. The summed E-state index contributed by atoms with van der Waals surface area (Å²) in [6, 6.07) is 19.2. The first-order valence-corrected chi connectivity index (χ1v) is 16.5. The molecule has 8 nitrogen and oxygen atoms in total. The predicted molar refractivity (Wildman–Crippen MR) is 175 cm³/mol. The highest BCUT2D eigenvalue weighted by atomic mass is 79.9. The van der Waals surface area contributed by atoms with Crippen LogP contribution in [-0.2, 0) is 16.1 Å². The van der Waals surface area contributed by atoms with Crippen molar-refractivity contribution in [3.8, 4) is 5.75 Å². The molecule has 0 saturated carbocycles. The van der Waals surface area contributed by atoms with Crippen molar-refractivity contribution in [2.75, 3.05) is 6.26 Å². The highest BCUT2D eigenvalue weighted by Crippen LogP contribution is 2.32. The van der Waals surface area contributed by atoms with Crippen LogP contribution in [0.1, 0.15) is 53.9 Å². The zero-order chi connectivity index (χ0) is 31.5. The third-order valence-electron chi connectivity index (χ3n) is 6.86. The van der Waals surface area contributed by atoms with Gasteiger partial charge in [0.25, 0.3) is 5.56 Å². The Morgan fingerprint density at radius 2 is 1.82 bits per heavy atom. The average Bonchev–Trinajstić information content (AvgIpc) is 3.29. The van der Waals surface area contributed by atoms with E-state index in [2.05, 4.69) is 20.9 Å². The summed E-state index contributed by atoms with van der Waals surface area (Å²) in [5, 5.41) is 9.09. The number of hydrogen-bond donors (Lipinski definition) is 1. The van der Waals surface area contributed by atoms with E-state index in [0.717, 1.165) is 21.6 Å². The molecule has 1 aliphatic rings. The quantitative estimate of drug-likeness (QED) is 0.171. The smallest absolute Gasteiger partial charge is 0.338 e. The van der Waals surface area contributed by atoms with Gasteiger partial charge in [0.2, 0.25) is 0 Å². The number of carbonyl (C=O) groups is 2. The lowest BCUT2D eigenvalue weighted by Crippen LogP contribution is -2.40. The molecule has 1 aromatic heterocycles. The SMILES string of the molecule is CSc1ccc([C@H]2C(C(=O)OC(C)C)=C(C)N=c3s/c(=C/c4ccc(OCc5ccc(C(=O)O)cc5)c(Br)c4)c(=O)n32)cc1. The molecule has 0 spiro atoms. The maximum absolute atomic E-state index is 13.9. The van der Waals surface area contributed by atoms with Crippen LogP contribution in [0.3, 0.4) is 0 Å². The van der Waals surface area contributed by atoms with Crippen LogP contribution in [0, 0.1) is 0 Å². The summed E-state index contributed by atoms with van der Waals surface area (Å²) in [7, 11) is 0. The average molecular weight is 694 g/mol. The van der Waals surface area contributed by atoms with Gasteiger partial charge in [-0.25, -0.2) is 14.6 Å². The van der Waals surface area contributed by atoms with Crippen molar-refractivity contribution in [3.63, 3.8) is 0 Å². The zero-order valence-electron chi connectivity index (χ0n) is 24.4. The van der Waals surface area contributed by atoms with Gasteiger partial charge in [0, 0.05) is 4.90 Å². The second-order valence-corrected chi connectivity index (χ2v) is 13.0. The van der Waals surface area contributed by atoms with Crippen molar-refractivity contribution in [1.29, 1.82) is 0 Å². The summed E-state index contributed by atoms with van der Waals surface area (Å²) in [6.07, 6.45) is 3.46. The van der Waals surface area contributed by atoms with E-state index in [-0.39, 0.29) is 23.8 Å². The molecule has 0 amide bonds. The number of benzene rings is 3. The molecule has 11 heteroatoms. The fraction of sp³-hybridized carbons (Fsp3) is 0.212. The third-order valence-corrected chi connectivity index (χ3v) is 9.21. The van der Waals surface area contributed by atoms with Gasteiger partial charge in [0.15, 0.2) is 4.80 Å². The van der Waals surface area contributed by atoms with E-state index < -0.39 is 18.0 Å². The van der Waals surface area contributed by atoms with Gasteiger partial charge in [0.05, 0.1) is 38.0 Å². The van der Waals surface area contributed by atoms with E-state index in [1.165, 1.54) is 23.5 Å². The number of nitrogens with zero attached hydrogens (tertiary/aromatic N) is 2. The molecule has 0 radical (unpaired) electrons. The Labute approximate surface area is 270 Å². The maximum Gasteiger partial charge on any atom is 0.338 e. The number of carboxylic acid groups (broad SMARTS) is 1. The molecule has 226 valence electrons. The lowest BCUT2D eigenvalue weighted by atomic mass is 9.96. The Morgan fingerprint density at radius 3 is 2.43 bits per heavy atom. The number of hydrogen-bond acceptors (Lipinski definition) is 8. The second-order valence-electron chi connectivity index (χ2n) is 10.3. The van der Waals surface area contributed by atoms with Crippen molar-refractivity contribution in [3.05, 3.63) is 124 Å². The Balaban J connectivity index is 1.48. The molecule has 44 heavy (non-hydrogen) atoms. The van der Waals surface area contributed by atoms with Crippen LogP contribution in [0.2, 0.25) is 0 Å². The minimum Gasteiger partial charge on any atom is -0.488 e. The van der Waals surface area contributed by atoms with E-state index in [1.54, 1.807) is 61.4 Å². The number of ether oxygens (including phenoxy) is 2. The summed E-state index contributed by atoms with van der Waals surface area (Å²) in [5.41, 5.74) is 3.22. The number of allylic oxidation sites excluding steroid dienone is 1. The van der Waals surface area contributed by atoms with Crippen LogP contribution in [-0.4, -0.2) is 34.0 Å². The van der Waals surface area contributed by atoms with E-state index in [4.69, 9.17) is 14.6 Å². The summed E-state index contributed by atoms with van der Waals surface area (Å²) in [6.45, 7) is 5.61. The van der Waals surface area contributed by atoms with Crippen LogP contribution >= 0.6 is 39.0 Å². The number of thiazole rings is 1. The summed E-state index contributed by atoms with van der Waals surface area (Å²) in [5.74, 6) is -0.872. The molecule has 2 heterocycles. The number of carboxylic acids is 1. The second kappa shape index (κ2) is 13.4. The highest BCUT2D eigenvalue weighted by molar-refractivity contribution is 9.10. The number of aromatic nitrogens is 1. The number of esters is 1. The minimum absolute atomic E-state index is 0.214. The van der Waals surface area contributed by atoms with E-state index in [0.29, 0.717) is 30.8 Å². The van der Waals surface area contributed by atoms with Crippen LogP contribution in [0.25, 0.3) is 6.08 Å². The highest BCUT2D eigenvalue weighted by Gasteiger charge is 2.33. The van der Waals surface area contributed by atoms with Gasteiger partial charge < -0.3 is 14.6 Å². The van der Waals surface area contributed by atoms with Crippen LogP contribution in [0.5, 0.6) is 5.75 Å². The number of halogens is 1. The first kappa shape index (κ1) is 31.5. The predicted octanol–water partition coefficient (Wildman–Crippen LogP) is 5.95.